The molecule has 2 aliphatic rings. The first-order chi connectivity index (χ1) is 15.0. The van der Waals surface area contributed by atoms with Gasteiger partial charge in [0.15, 0.2) is 11.5 Å². The Morgan fingerprint density at radius 3 is 3.06 bits per heavy atom. The lowest BCUT2D eigenvalue weighted by Crippen LogP contribution is -2.28. The van der Waals surface area contributed by atoms with Crippen LogP contribution in [0.15, 0.2) is 33.9 Å². The first kappa shape index (κ1) is 20.4. The van der Waals surface area contributed by atoms with Crippen LogP contribution in [0.2, 0.25) is 0 Å². The molecule has 1 aliphatic carbocycles. The van der Waals surface area contributed by atoms with Crippen LogP contribution in [0.1, 0.15) is 42.3 Å². The molecule has 31 heavy (non-hydrogen) atoms. The fraction of sp³-hybridized carbons (Fsp3) is 0.409. The third-order valence-corrected chi connectivity index (χ3v) is 7.59. The summed E-state index contributed by atoms with van der Waals surface area (Å²) in [6.45, 7) is 4.46. The quantitative estimate of drug-likeness (QED) is 0.541. The summed E-state index contributed by atoms with van der Waals surface area (Å²) in [5, 5.41) is 11.7. The van der Waals surface area contributed by atoms with Crippen molar-refractivity contribution in [1.29, 1.82) is 0 Å². The van der Waals surface area contributed by atoms with Crippen molar-refractivity contribution in [2.24, 2.45) is 5.92 Å². The predicted molar refractivity (Wildman–Crippen MR) is 119 cm³/mol. The molecule has 3 aromatic rings. The Bertz CT molecular complexity index is 1110. The summed E-state index contributed by atoms with van der Waals surface area (Å²) in [4.78, 5) is 14.8. The molecule has 0 saturated heterocycles. The highest BCUT2D eigenvalue weighted by atomic mass is 32.2. The highest BCUT2D eigenvalue weighted by Gasteiger charge is 2.21. The van der Waals surface area contributed by atoms with Crippen LogP contribution in [0.4, 0.5) is 0 Å². The zero-order valence-electron chi connectivity index (χ0n) is 17.3. The van der Waals surface area contributed by atoms with Gasteiger partial charge < -0.3 is 19.2 Å². The number of thiophene rings is 1. The molecular weight excluding hydrogens is 434 g/mol. The van der Waals surface area contributed by atoms with Crippen molar-refractivity contribution in [2.75, 3.05) is 12.5 Å². The molecule has 1 N–H and O–H groups in total. The highest BCUT2D eigenvalue weighted by Crippen LogP contribution is 2.37. The van der Waals surface area contributed by atoms with E-state index >= 15 is 0 Å². The molecule has 0 fully saturated rings. The lowest BCUT2D eigenvalue weighted by molar-refractivity contribution is -0.119. The molecule has 0 radical (unpaired) electrons. The molecule has 9 heteroatoms. The number of carbonyl (C=O) groups is 1. The standard InChI is InChI=1S/C22H23N3O4S2/c1-12-3-6-18-15(7-12)9-19(31-18)21-24-25-22(29-21)30-10-20(26)23-13(2)14-4-5-16-17(8-14)28-11-27-16/h4-5,8-9,12-13H,3,6-7,10-11H2,1-2H3,(H,23,26)/t12-,13+/m1/s1. The van der Waals surface area contributed by atoms with E-state index in [4.69, 9.17) is 13.9 Å². The Hall–Kier alpha value is -2.52. The first-order valence-electron chi connectivity index (χ1n) is 10.3. The molecule has 162 valence electrons. The summed E-state index contributed by atoms with van der Waals surface area (Å²) < 4.78 is 16.5. The second-order valence-corrected chi connectivity index (χ2v) is 10.0. The van der Waals surface area contributed by atoms with Gasteiger partial charge in [-0.3, -0.25) is 4.79 Å². The van der Waals surface area contributed by atoms with Crippen LogP contribution in [-0.4, -0.2) is 28.7 Å². The van der Waals surface area contributed by atoms with Crippen molar-refractivity contribution in [3.05, 3.63) is 40.3 Å². The van der Waals surface area contributed by atoms with Crippen molar-refractivity contribution in [1.82, 2.24) is 15.5 Å². The van der Waals surface area contributed by atoms with E-state index in [-0.39, 0.29) is 24.5 Å². The summed E-state index contributed by atoms with van der Waals surface area (Å²) in [5.41, 5.74) is 2.36. The van der Waals surface area contributed by atoms with Crippen molar-refractivity contribution in [2.45, 2.75) is 44.4 Å². The summed E-state index contributed by atoms with van der Waals surface area (Å²) in [7, 11) is 0. The number of amides is 1. The molecule has 0 spiro atoms. The SMILES string of the molecule is C[C@@H]1CCc2sc(-c3nnc(SCC(=O)N[C@@H](C)c4ccc5c(c4)OCO5)o3)cc2C1. The highest BCUT2D eigenvalue weighted by molar-refractivity contribution is 7.99. The maximum Gasteiger partial charge on any atom is 0.277 e. The van der Waals surface area contributed by atoms with E-state index in [1.54, 1.807) is 11.3 Å². The molecule has 0 saturated carbocycles. The van der Waals surface area contributed by atoms with Gasteiger partial charge in [-0.2, -0.15) is 0 Å². The Balaban J connectivity index is 1.16. The molecule has 0 bridgehead atoms. The zero-order valence-corrected chi connectivity index (χ0v) is 19.0. The normalized spacial score (nSPS) is 17.9. The van der Waals surface area contributed by atoms with Crippen molar-refractivity contribution >= 4 is 29.0 Å². The topological polar surface area (TPSA) is 86.5 Å². The molecule has 2 atom stereocenters. The maximum atomic E-state index is 12.4. The average molecular weight is 458 g/mol. The lowest BCUT2D eigenvalue weighted by atomic mass is 9.90. The Morgan fingerprint density at radius 2 is 2.16 bits per heavy atom. The number of hydrogen-bond donors (Lipinski definition) is 1. The Labute approximate surface area is 188 Å². The van der Waals surface area contributed by atoms with Gasteiger partial charge in [0.05, 0.1) is 16.7 Å². The van der Waals surface area contributed by atoms with E-state index in [0.29, 0.717) is 16.9 Å². The summed E-state index contributed by atoms with van der Waals surface area (Å²) >= 11 is 2.98. The van der Waals surface area contributed by atoms with Crippen LogP contribution in [0.25, 0.3) is 10.8 Å². The average Bonchev–Trinajstić information content (AvgIpc) is 3.49. The number of aromatic nitrogens is 2. The van der Waals surface area contributed by atoms with Gasteiger partial charge in [-0.05, 0) is 61.4 Å². The van der Waals surface area contributed by atoms with Gasteiger partial charge in [0.1, 0.15) is 0 Å². The number of thioether (sulfide) groups is 1. The van der Waals surface area contributed by atoms with Gasteiger partial charge >= 0.3 is 0 Å². The van der Waals surface area contributed by atoms with Gasteiger partial charge in [-0.15, -0.1) is 21.5 Å². The van der Waals surface area contributed by atoms with E-state index in [0.717, 1.165) is 34.9 Å². The zero-order chi connectivity index (χ0) is 21.4. The van der Waals surface area contributed by atoms with E-state index in [9.17, 15) is 4.79 Å². The fourth-order valence-corrected chi connectivity index (χ4v) is 5.56. The first-order valence-corrected chi connectivity index (χ1v) is 12.1. The minimum Gasteiger partial charge on any atom is -0.454 e. The van der Waals surface area contributed by atoms with Crippen molar-refractivity contribution < 1.29 is 18.7 Å². The molecule has 1 amide bonds. The Kier molecular flexibility index (Phi) is 5.62. The van der Waals surface area contributed by atoms with Crippen LogP contribution < -0.4 is 14.8 Å². The van der Waals surface area contributed by atoms with E-state index < -0.39 is 0 Å². The molecule has 3 heterocycles. The second kappa shape index (κ2) is 8.55. The fourth-order valence-electron chi connectivity index (χ4n) is 3.86. The lowest BCUT2D eigenvalue weighted by Gasteiger charge is -2.16. The van der Waals surface area contributed by atoms with Crippen molar-refractivity contribution in [3.63, 3.8) is 0 Å². The monoisotopic (exact) mass is 457 g/mol. The van der Waals surface area contributed by atoms with Crippen molar-refractivity contribution in [3.8, 4) is 22.3 Å². The third-order valence-electron chi connectivity index (χ3n) is 5.55. The van der Waals surface area contributed by atoms with Gasteiger partial charge in [-0.1, -0.05) is 24.8 Å². The molecule has 2 aromatic heterocycles. The van der Waals surface area contributed by atoms with E-state index in [1.807, 2.05) is 25.1 Å². The second-order valence-electron chi connectivity index (χ2n) is 7.97. The number of aryl methyl sites for hydroxylation is 1. The molecule has 0 unspecified atom stereocenters. The van der Waals surface area contributed by atoms with E-state index in [1.165, 1.54) is 28.6 Å². The van der Waals surface area contributed by atoms with Gasteiger partial charge in [0, 0.05) is 4.88 Å². The number of ether oxygens (including phenoxy) is 2. The van der Waals surface area contributed by atoms with Crippen LogP contribution in [0.5, 0.6) is 11.5 Å². The minimum atomic E-state index is -0.152. The summed E-state index contributed by atoms with van der Waals surface area (Å²) in [6, 6.07) is 7.71. The number of fused-ring (bicyclic) bond motifs is 2. The summed E-state index contributed by atoms with van der Waals surface area (Å²) in [5.74, 6) is 2.79. The molecule has 1 aromatic carbocycles. The number of rotatable bonds is 6. The van der Waals surface area contributed by atoms with Crippen LogP contribution in [0.3, 0.4) is 0 Å². The number of carbonyl (C=O) groups excluding carboxylic acids is 1. The van der Waals surface area contributed by atoms with Crippen LogP contribution >= 0.6 is 23.1 Å². The van der Waals surface area contributed by atoms with Crippen LogP contribution in [0, 0.1) is 5.92 Å². The number of nitrogens with zero attached hydrogens (tertiary/aromatic N) is 2. The Morgan fingerprint density at radius 1 is 1.29 bits per heavy atom. The summed E-state index contributed by atoms with van der Waals surface area (Å²) in [6.07, 6.45) is 3.47. The third kappa shape index (κ3) is 4.43. The predicted octanol–water partition coefficient (Wildman–Crippen LogP) is 4.62. The maximum absolute atomic E-state index is 12.4. The van der Waals surface area contributed by atoms with Gasteiger partial charge in [0.2, 0.25) is 12.7 Å². The number of nitrogens with one attached hydrogen (secondary N) is 1. The van der Waals surface area contributed by atoms with Gasteiger partial charge in [0.25, 0.3) is 11.1 Å². The number of benzene rings is 1. The molecular formula is C22H23N3O4S2. The molecule has 7 nitrogen and oxygen atoms in total. The smallest absolute Gasteiger partial charge is 0.277 e. The van der Waals surface area contributed by atoms with Gasteiger partial charge in [-0.25, -0.2) is 0 Å². The molecule has 1 aliphatic heterocycles. The largest absolute Gasteiger partial charge is 0.454 e. The van der Waals surface area contributed by atoms with E-state index in [2.05, 4.69) is 28.5 Å². The molecule has 5 rings (SSSR count). The van der Waals surface area contributed by atoms with Crippen LogP contribution in [-0.2, 0) is 17.6 Å². The number of hydrogen-bond acceptors (Lipinski definition) is 8. The minimum absolute atomic E-state index is 0.101.